The summed E-state index contributed by atoms with van der Waals surface area (Å²) in [6.45, 7) is 1.14. The van der Waals surface area contributed by atoms with Gasteiger partial charge in [0.05, 0.1) is 4.92 Å². The van der Waals surface area contributed by atoms with Crippen LogP contribution >= 0.6 is 11.6 Å². The van der Waals surface area contributed by atoms with Crippen molar-refractivity contribution >= 4 is 23.3 Å². The number of hydrogen-bond donors (Lipinski definition) is 1. The number of carboxylic acids is 1. The Labute approximate surface area is 154 Å². The van der Waals surface area contributed by atoms with Crippen LogP contribution in [-0.4, -0.2) is 31.9 Å². The van der Waals surface area contributed by atoms with E-state index >= 15 is 0 Å². The molecule has 1 N–H and O–H groups in total. The minimum Gasteiger partial charge on any atom is -0.479 e. The molecule has 0 aliphatic rings. The van der Waals surface area contributed by atoms with Gasteiger partial charge in [0, 0.05) is 19.2 Å². The van der Waals surface area contributed by atoms with Crippen molar-refractivity contribution in [1.82, 2.24) is 9.78 Å². The number of aliphatic carboxylic acids is 1. The second-order valence-corrected chi connectivity index (χ2v) is 5.55. The van der Waals surface area contributed by atoms with Crippen LogP contribution in [0, 0.1) is 10.1 Å². The number of nitrogens with zero attached hydrogens (tertiary/aromatic N) is 3. The quantitative estimate of drug-likeness (QED) is 0.571. The van der Waals surface area contributed by atoms with E-state index in [2.05, 4.69) is 5.10 Å². The van der Waals surface area contributed by atoms with Crippen molar-refractivity contribution in [2.45, 2.75) is 19.2 Å². The summed E-state index contributed by atoms with van der Waals surface area (Å²) in [5, 5.41) is 22.6. The molecule has 1 aromatic heterocycles. The molecule has 0 aliphatic carbocycles. The highest BCUT2D eigenvalue weighted by Crippen LogP contribution is 2.41. The summed E-state index contributed by atoms with van der Waals surface area (Å²) in [5.74, 6) is -2.60. The average Bonchev–Trinajstić information content (AvgIpc) is 2.80. The average molecular weight is 410 g/mol. The van der Waals surface area contributed by atoms with Gasteiger partial charge in [0.15, 0.2) is 11.8 Å². The van der Waals surface area contributed by atoms with Gasteiger partial charge >= 0.3 is 17.8 Å². The zero-order valence-electron chi connectivity index (χ0n) is 13.7. The molecule has 0 fully saturated rings. The smallest absolute Gasteiger partial charge is 0.434 e. The van der Waals surface area contributed by atoms with Crippen molar-refractivity contribution in [2.24, 2.45) is 7.05 Å². The summed E-state index contributed by atoms with van der Waals surface area (Å²) in [5.41, 5.74) is -1.80. The number of ether oxygens (including phenoxy) is 2. The highest BCUT2D eigenvalue weighted by atomic mass is 35.5. The van der Waals surface area contributed by atoms with Crippen LogP contribution in [0.3, 0.4) is 0 Å². The van der Waals surface area contributed by atoms with Crippen LogP contribution in [0.25, 0.3) is 0 Å². The van der Waals surface area contributed by atoms with Crippen LogP contribution in [0.2, 0.25) is 5.02 Å². The molecule has 2 rings (SSSR count). The Kier molecular flexibility index (Phi) is 5.49. The summed E-state index contributed by atoms with van der Waals surface area (Å²) in [7, 11) is 1.01. The predicted octanol–water partition coefficient (Wildman–Crippen LogP) is 3.64. The number of aromatic nitrogens is 2. The van der Waals surface area contributed by atoms with E-state index < -0.39 is 51.2 Å². The van der Waals surface area contributed by atoms with Gasteiger partial charge in [-0.15, -0.1) is 5.10 Å². The van der Waals surface area contributed by atoms with Crippen LogP contribution in [0.1, 0.15) is 12.6 Å². The molecular weight excluding hydrogens is 399 g/mol. The third-order valence-electron chi connectivity index (χ3n) is 3.22. The number of alkyl halides is 3. The van der Waals surface area contributed by atoms with Crippen LogP contribution in [0.15, 0.2) is 18.2 Å². The fourth-order valence-electron chi connectivity index (χ4n) is 2.00. The first-order valence-corrected chi connectivity index (χ1v) is 7.45. The van der Waals surface area contributed by atoms with Gasteiger partial charge in [0.25, 0.3) is 5.88 Å². The standard InChI is InChI=1S/C14H11ClF3N3O6/c1-6(13(22)23)26-9-5-7(3-4-8(9)21(24)25)27-12-10(15)11(14(16,17)18)20(2)19-12/h3-6H,1-2H3,(H,22,23). The third-order valence-corrected chi connectivity index (χ3v) is 3.56. The van der Waals surface area contributed by atoms with E-state index in [1.54, 1.807) is 0 Å². The molecular formula is C14H11ClF3N3O6. The first-order valence-electron chi connectivity index (χ1n) is 7.07. The van der Waals surface area contributed by atoms with E-state index in [1.165, 1.54) is 0 Å². The molecule has 1 aromatic carbocycles. The lowest BCUT2D eigenvalue weighted by Crippen LogP contribution is -2.23. The number of hydrogen-bond acceptors (Lipinski definition) is 6. The molecule has 0 saturated heterocycles. The lowest BCUT2D eigenvalue weighted by Gasteiger charge is -2.12. The van der Waals surface area contributed by atoms with E-state index in [1.807, 2.05) is 0 Å². The maximum Gasteiger partial charge on any atom is 0.434 e. The SMILES string of the molecule is CC(Oc1cc(Oc2nn(C)c(C(F)(F)F)c2Cl)ccc1[N+](=O)[O-])C(=O)O. The summed E-state index contributed by atoms with van der Waals surface area (Å²) in [4.78, 5) is 21.1. The van der Waals surface area contributed by atoms with Crippen molar-refractivity contribution in [1.29, 1.82) is 0 Å². The van der Waals surface area contributed by atoms with Crippen molar-refractivity contribution in [2.75, 3.05) is 0 Å². The molecule has 0 saturated carbocycles. The Hall–Kier alpha value is -3.02. The van der Waals surface area contributed by atoms with Gasteiger partial charge in [-0.1, -0.05) is 11.6 Å². The molecule has 0 aliphatic heterocycles. The van der Waals surface area contributed by atoms with Gasteiger partial charge < -0.3 is 14.6 Å². The zero-order valence-corrected chi connectivity index (χ0v) is 14.4. The van der Waals surface area contributed by atoms with E-state index in [-0.39, 0.29) is 5.75 Å². The number of rotatable bonds is 6. The molecule has 0 amide bonds. The van der Waals surface area contributed by atoms with E-state index in [0.717, 1.165) is 32.2 Å². The summed E-state index contributed by atoms with van der Waals surface area (Å²) >= 11 is 5.67. The molecule has 9 nitrogen and oxygen atoms in total. The van der Waals surface area contributed by atoms with Gasteiger partial charge in [-0.3, -0.25) is 14.8 Å². The van der Waals surface area contributed by atoms with Crippen LogP contribution in [0.5, 0.6) is 17.4 Å². The van der Waals surface area contributed by atoms with Gasteiger partial charge in [-0.05, 0) is 13.0 Å². The zero-order chi connectivity index (χ0) is 20.5. The van der Waals surface area contributed by atoms with Crippen LogP contribution in [-0.2, 0) is 18.0 Å². The monoisotopic (exact) mass is 409 g/mol. The second kappa shape index (κ2) is 7.31. The number of nitro benzene ring substituents is 1. The third kappa shape index (κ3) is 4.39. The van der Waals surface area contributed by atoms with Gasteiger partial charge in [-0.25, -0.2) is 4.79 Å². The fourth-order valence-corrected chi connectivity index (χ4v) is 2.31. The highest BCUT2D eigenvalue weighted by molar-refractivity contribution is 6.32. The lowest BCUT2D eigenvalue weighted by molar-refractivity contribution is -0.386. The molecule has 0 spiro atoms. The molecule has 2 aromatic rings. The van der Waals surface area contributed by atoms with Crippen molar-refractivity contribution in [3.05, 3.63) is 39.0 Å². The van der Waals surface area contributed by atoms with Crippen LogP contribution in [0.4, 0.5) is 18.9 Å². The molecule has 27 heavy (non-hydrogen) atoms. The normalized spacial score (nSPS) is 12.5. The number of carbonyl (C=O) groups is 1. The highest BCUT2D eigenvalue weighted by Gasteiger charge is 2.39. The molecule has 0 radical (unpaired) electrons. The maximum atomic E-state index is 12.9. The van der Waals surface area contributed by atoms with Crippen molar-refractivity contribution < 1.29 is 37.5 Å². The van der Waals surface area contributed by atoms with Crippen molar-refractivity contribution in [3.63, 3.8) is 0 Å². The molecule has 1 atom stereocenters. The van der Waals surface area contributed by atoms with Crippen LogP contribution < -0.4 is 9.47 Å². The second-order valence-electron chi connectivity index (χ2n) is 5.18. The van der Waals surface area contributed by atoms with E-state index in [0.29, 0.717) is 4.68 Å². The Morgan fingerprint density at radius 3 is 2.56 bits per heavy atom. The Bertz CT molecular complexity index is 899. The van der Waals surface area contributed by atoms with E-state index in [4.69, 9.17) is 26.2 Å². The summed E-state index contributed by atoms with van der Waals surface area (Å²) in [6, 6.07) is 2.98. The lowest BCUT2D eigenvalue weighted by atomic mass is 10.2. The Morgan fingerprint density at radius 2 is 2.07 bits per heavy atom. The van der Waals surface area contributed by atoms with Gasteiger partial charge in [-0.2, -0.15) is 13.2 Å². The number of carboxylic acid groups (broad SMARTS) is 1. The number of aryl methyl sites for hydroxylation is 1. The van der Waals surface area contributed by atoms with Crippen molar-refractivity contribution in [3.8, 4) is 17.4 Å². The molecule has 13 heteroatoms. The Morgan fingerprint density at radius 1 is 1.44 bits per heavy atom. The first-order chi connectivity index (χ1) is 12.4. The van der Waals surface area contributed by atoms with Gasteiger partial charge in [0.1, 0.15) is 10.8 Å². The number of halogens is 4. The topological polar surface area (TPSA) is 117 Å². The Balaban J connectivity index is 2.41. The first kappa shape index (κ1) is 20.3. The maximum absolute atomic E-state index is 12.9. The summed E-state index contributed by atoms with van der Waals surface area (Å²) < 4.78 is 49.5. The number of nitro groups is 1. The molecule has 1 unspecified atom stereocenters. The largest absolute Gasteiger partial charge is 0.479 e. The molecule has 146 valence electrons. The van der Waals surface area contributed by atoms with Gasteiger partial charge in [0.2, 0.25) is 5.75 Å². The summed E-state index contributed by atoms with van der Waals surface area (Å²) in [6.07, 6.45) is -6.20. The molecule has 0 bridgehead atoms. The minimum atomic E-state index is -4.78. The minimum absolute atomic E-state index is 0.193. The van der Waals surface area contributed by atoms with E-state index in [9.17, 15) is 28.1 Å². The fraction of sp³-hybridized carbons (Fsp3) is 0.286. The number of benzene rings is 1. The predicted molar refractivity (Wildman–Crippen MR) is 84.1 cm³/mol. The molecule has 1 heterocycles.